The van der Waals surface area contributed by atoms with Gasteiger partial charge in [-0.05, 0) is 0 Å². The minimum atomic E-state index is -4.00. The van der Waals surface area contributed by atoms with Gasteiger partial charge in [0.05, 0.1) is 0 Å². The largest absolute Gasteiger partial charge is 1.00 e. The molecule has 0 unspecified atom stereocenters. The summed E-state index contributed by atoms with van der Waals surface area (Å²) < 4.78 is 31.1. The van der Waals surface area contributed by atoms with Crippen LogP contribution in [-0.4, -0.2) is 6.18 Å². The second-order valence-corrected chi connectivity index (χ2v) is 0.781. The molecule has 48 valence electrons. The molecule has 0 aromatic carbocycles. The zero-order chi connectivity index (χ0) is 4.50. The summed E-state index contributed by atoms with van der Waals surface area (Å²) in [4.78, 5) is 0. The zero-order valence-corrected chi connectivity index (χ0v) is 4.90. The van der Waals surface area contributed by atoms with Crippen molar-refractivity contribution in [1.29, 1.82) is 0 Å². The van der Waals surface area contributed by atoms with Crippen LogP contribution in [0.3, 0.4) is 0 Å². The Morgan fingerprint density at radius 2 is 1.00 bits per heavy atom. The maximum absolute atomic E-state index is 10.4. The van der Waals surface area contributed by atoms with E-state index in [1.54, 1.807) is 0 Å². The van der Waals surface area contributed by atoms with Crippen LogP contribution in [0.15, 0.2) is 0 Å². The average Bonchev–Trinajstić information content (AvgIpc) is 0.722. The van der Waals surface area contributed by atoms with E-state index in [1.165, 1.54) is 0 Å². The van der Waals surface area contributed by atoms with Crippen molar-refractivity contribution < 1.29 is 38.0 Å². The van der Waals surface area contributed by atoms with Crippen LogP contribution in [0.4, 0.5) is 13.2 Å². The summed E-state index contributed by atoms with van der Waals surface area (Å²) in [6.07, 6.45) is -4.00. The molecule has 0 bridgehead atoms. The van der Waals surface area contributed by atoms with Crippen LogP contribution in [0, 0.1) is 0 Å². The molecule has 0 nitrogen and oxygen atoms in total. The van der Waals surface area contributed by atoms with Crippen molar-refractivity contribution in [1.82, 2.24) is 0 Å². The highest BCUT2D eigenvalue weighted by Gasteiger charge is 2.15. The van der Waals surface area contributed by atoms with Gasteiger partial charge in [-0.3, -0.25) is 0 Å². The summed E-state index contributed by atoms with van der Waals surface area (Å²) in [5, 5.41) is 0. The lowest BCUT2D eigenvalue weighted by molar-refractivity contribution is -0.110. The van der Waals surface area contributed by atoms with E-state index in [2.05, 4.69) is 0 Å². The van der Waals surface area contributed by atoms with Crippen molar-refractivity contribution in [2.75, 3.05) is 0 Å². The van der Waals surface area contributed by atoms with E-state index < -0.39 is 6.18 Å². The van der Waals surface area contributed by atoms with Gasteiger partial charge in [0.15, 0.2) is 0 Å². The Bertz CT molecular complexity index is 26.4. The van der Waals surface area contributed by atoms with E-state index in [0.717, 1.165) is 0 Å². The molecule has 0 saturated heterocycles. The van der Waals surface area contributed by atoms with Gasteiger partial charge < -0.3 is 24.8 Å². The Morgan fingerprint density at radius 3 is 1.00 bits per heavy atom. The standard InChI is InChI=1S/C2H3F3.2ClH/c1-2(3,4)5;;/h1H3;2*1H/p-2. The lowest BCUT2D eigenvalue weighted by Crippen LogP contribution is -3.00. The zero-order valence-electron chi connectivity index (χ0n) is 3.39. The molecule has 0 amide bonds. The van der Waals surface area contributed by atoms with E-state index in [9.17, 15) is 13.2 Å². The molecular weight excluding hydrogens is 152 g/mol. The first kappa shape index (κ1) is 15.7. The fourth-order valence-electron chi connectivity index (χ4n) is 0. The van der Waals surface area contributed by atoms with Crippen molar-refractivity contribution in [3.8, 4) is 0 Å². The molecule has 0 aromatic rings. The van der Waals surface area contributed by atoms with Gasteiger partial charge in [-0.1, -0.05) is 0 Å². The molecule has 0 saturated carbocycles. The Balaban J connectivity index is -0.0000000800. The molecule has 0 spiro atoms. The lowest BCUT2D eigenvalue weighted by atomic mass is 10.8. The van der Waals surface area contributed by atoms with E-state index >= 15 is 0 Å². The van der Waals surface area contributed by atoms with Gasteiger partial charge in [-0.15, -0.1) is 0 Å². The first-order valence-electron chi connectivity index (χ1n) is 1.07. The van der Waals surface area contributed by atoms with Crippen LogP contribution in [0.2, 0.25) is 0 Å². The van der Waals surface area contributed by atoms with Gasteiger partial charge in [0.2, 0.25) is 0 Å². The highest BCUT2D eigenvalue weighted by Crippen LogP contribution is 2.10. The van der Waals surface area contributed by atoms with Gasteiger partial charge >= 0.3 is 6.18 Å². The van der Waals surface area contributed by atoms with Gasteiger partial charge in [-0.25, -0.2) is 0 Å². The second-order valence-electron chi connectivity index (χ2n) is 0.781. The third-order valence-corrected chi connectivity index (χ3v) is 0. The minimum absolute atomic E-state index is 0. The first-order chi connectivity index (χ1) is 2.00. The van der Waals surface area contributed by atoms with Crippen LogP contribution in [0.25, 0.3) is 0 Å². The number of rotatable bonds is 0. The van der Waals surface area contributed by atoms with Gasteiger partial charge in [-0.2, -0.15) is 13.2 Å². The SMILES string of the molecule is CC(F)(F)F.[Cl-].[Cl-]. The van der Waals surface area contributed by atoms with E-state index in [1.807, 2.05) is 0 Å². The number of hydrogen-bond acceptors (Lipinski definition) is 0. The van der Waals surface area contributed by atoms with Crippen molar-refractivity contribution in [3.05, 3.63) is 0 Å². The van der Waals surface area contributed by atoms with Gasteiger partial charge in [0.1, 0.15) is 0 Å². The van der Waals surface area contributed by atoms with Gasteiger partial charge in [0.25, 0.3) is 0 Å². The van der Waals surface area contributed by atoms with Gasteiger partial charge in [0, 0.05) is 6.92 Å². The molecule has 0 atom stereocenters. The molecular formula is C2H3Cl2F3-2. The van der Waals surface area contributed by atoms with E-state index in [-0.39, 0.29) is 31.7 Å². The first-order valence-corrected chi connectivity index (χ1v) is 1.07. The molecule has 0 fully saturated rings. The Hall–Kier alpha value is 0.370. The van der Waals surface area contributed by atoms with Crippen molar-refractivity contribution in [2.24, 2.45) is 0 Å². The van der Waals surface area contributed by atoms with Crippen molar-refractivity contribution in [3.63, 3.8) is 0 Å². The molecule has 0 rings (SSSR count). The molecule has 0 aliphatic heterocycles. The molecule has 0 aliphatic carbocycles. The predicted octanol–water partition coefficient (Wildman–Crippen LogP) is -4.42. The summed E-state index contributed by atoms with van der Waals surface area (Å²) in [5.74, 6) is 0. The number of hydrogen-bond donors (Lipinski definition) is 0. The average molecular weight is 155 g/mol. The van der Waals surface area contributed by atoms with Crippen LogP contribution in [0.1, 0.15) is 6.92 Å². The van der Waals surface area contributed by atoms with Crippen LogP contribution < -0.4 is 24.8 Å². The molecule has 0 aromatic heterocycles. The maximum Gasteiger partial charge on any atom is 0.386 e. The summed E-state index contributed by atoms with van der Waals surface area (Å²) >= 11 is 0. The quantitative estimate of drug-likeness (QED) is 0.331. The number of halogens is 5. The highest BCUT2D eigenvalue weighted by molar-refractivity contribution is 4.26. The third kappa shape index (κ3) is 889. The predicted molar refractivity (Wildman–Crippen MR) is 11.7 cm³/mol. The molecule has 5 heteroatoms. The van der Waals surface area contributed by atoms with Crippen molar-refractivity contribution >= 4 is 0 Å². The smallest absolute Gasteiger partial charge is 0.386 e. The molecule has 0 heterocycles. The van der Waals surface area contributed by atoms with Crippen LogP contribution in [-0.2, 0) is 0 Å². The Morgan fingerprint density at radius 1 is 1.00 bits per heavy atom. The highest BCUT2D eigenvalue weighted by atomic mass is 35.5. The van der Waals surface area contributed by atoms with Crippen LogP contribution >= 0.6 is 0 Å². The van der Waals surface area contributed by atoms with Crippen molar-refractivity contribution in [2.45, 2.75) is 13.1 Å². The Kier molecular flexibility index (Phi) is 10.1. The fraction of sp³-hybridized carbons (Fsp3) is 1.00. The topological polar surface area (TPSA) is 0 Å². The molecule has 7 heavy (non-hydrogen) atoms. The van der Waals surface area contributed by atoms with E-state index in [0.29, 0.717) is 0 Å². The monoisotopic (exact) mass is 154 g/mol. The maximum atomic E-state index is 10.4. The second kappa shape index (κ2) is 4.53. The number of alkyl halides is 3. The third-order valence-electron chi connectivity index (χ3n) is 0. The van der Waals surface area contributed by atoms with E-state index in [4.69, 9.17) is 0 Å². The normalized spacial score (nSPS) is 8.57. The fourth-order valence-corrected chi connectivity index (χ4v) is 0. The summed E-state index contributed by atoms with van der Waals surface area (Å²) in [5.41, 5.74) is 0. The Labute approximate surface area is 51.9 Å². The summed E-state index contributed by atoms with van der Waals surface area (Å²) in [6.45, 7) is 0.188. The molecule has 0 N–H and O–H groups in total. The minimum Gasteiger partial charge on any atom is -1.00 e. The molecule has 0 radical (unpaired) electrons. The lowest BCUT2D eigenvalue weighted by Gasteiger charge is -1.88. The molecule has 0 aliphatic rings. The summed E-state index contributed by atoms with van der Waals surface area (Å²) in [7, 11) is 0. The van der Waals surface area contributed by atoms with Crippen LogP contribution in [0.5, 0.6) is 0 Å². The summed E-state index contributed by atoms with van der Waals surface area (Å²) in [6, 6.07) is 0.